The van der Waals surface area contributed by atoms with Gasteiger partial charge >= 0.3 is 0 Å². The van der Waals surface area contributed by atoms with Crippen LogP contribution in [0, 0.1) is 23.2 Å². The molecule has 3 heterocycles. The van der Waals surface area contributed by atoms with Gasteiger partial charge < -0.3 is 15.4 Å². The van der Waals surface area contributed by atoms with Crippen molar-refractivity contribution in [2.24, 2.45) is 11.8 Å². The van der Waals surface area contributed by atoms with Crippen LogP contribution < -0.4 is 10.5 Å². The molecule has 2 N–H and O–H groups in total. The van der Waals surface area contributed by atoms with Gasteiger partial charge in [0.15, 0.2) is 5.65 Å². The molecule has 4 aromatic rings. The molecule has 2 aromatic carbocycles. The van der Waals surface area contributed by atoms with E-state index in [1.54, 1.807) is 0 Å². The highest BCUT2D eigenvalue weighted by Crippen LogP contribution is 2.42. The molecule has 1 aliphatic carbocycles. The first-order chi connectivity index (χ1) is 18.6. The highest BCUT2D eigenvalue weighted by molar-refractivity contribution is 5.98. The number of piperidine rings is 1. The number of ether oxygens (including phenoxy) is 1. The normalized spacial score (nSPS) is 20.9. The number of fused-ring (bicyclic) bond motifs is 1. The maximum absolute atomic E-state index is 13.1. The quantitative estimate of drug-likeness (QED) is 0.375. The summed E-state index contributed by atoms with van der Waals surface area (Å²) in [6, 6.07) is 19.3. The summed E-state index contributed by atoms with van der Waals surface area (Å²) in [5, 5.41) is 14.5. The van der Waals surface area contributed by atoms with E-state index in [0.29, 0.717) is 29.1 Å². The first kappa shape index (κ1) is 23.7. The molecule has 0 radical (unpaired) electrons. The van der Waals surface area contributed by atoms with E-state index >= 15 is 0 Å². The van der Waals surface area contributed by atoms with Crippen LogP contribution >= 0.6 is 0 Å². The van der Waals surface area contributed by atoms with Gasteiger partial charge in [0.2, 0.25) is 5.91 Å². The molecule has 3 atom stereocenters. The molecular weight excluding hydrogens is 478 g/mol. The molecule has 2 aliphatic rings. The maximum atomic E-state index is 13.1. The lowest BCUT2D eigenvalue weighted by Crippen LogP contribution is -2.42. The van der Waals surface area contributed by atoms with E-state index in [-0.39, 0.29) is 23.8 Å². The number of carbonyl (C=O) groups is 1. The SMILES string of the molecule is N#CC=CC1CC1C(=O)N1CCCC(n2nc(-c3ccc(Oc4ccccc4)cc3)c3c(N)ncnc32)C1. The average molecular weight is 506 g/mol. The standard InChI is InChI=1S/C29H27N7O2/c30-14-4-6-20-16-24(20)29(37)35-15-5-7-21(17-35)36-28-25(27(31)32-18-33-28)26(34-36)19-10-12-23(13-11-19)38-22-8-2-1-3-9-22/h1-4,6,8-13,18,20-21,24H,5,7,15-17H2,(H2,31,32,33). The van der Waals surface area contributed by atoms with E-state index in [1.807, 2.05) is 76.3 Å². The summed E-state index contributed by atoms with van der Waals surface area (Å²) in [4.78, 5) is 23.8. The van der Waals surface area contributed by atoms with Crippen LogP contribution in [0.4, 0.5) is 5.82 Å². The van der Waals surface area contributed by atoms with Crippen molar-refractivity contribution < 1.29 is 9.53 Å². The van der Waals surface area contributed by atoms with Crippen molar-refractivity contribution >= 4 is 22.8 Å². The predicted molar refractivity (Wildman–Crippen MR) is 143 cm³/mol. The third kappa shape index (κ3) is 4.57. The Labute approximate surface area is 220 Å². The van der Waals surface area contributed by atoms with E-state index < -0.39 is 0 Å². The lowest BCUT2D eigenvalue weighted by atomic mass is 10.0. The number of rotatable bonds is 6. The summed E-state index contributed by atoms with van der Waals surface area (Å²) in [5.74, 6) is 2.15. The number of nitrogen functional groups attached to an aromatic ring is 1. The van der Waals surface area contributed by atoms with Crippen molar-refractivity contribution in [1.82, 2.24) is 24.6 Å². The third-order valence-electron chi connectivity index (χ3n) is 7.25. The fourth-order valence-corrected chi connectivity index (χ4v) is 5.22. The number of nitrogens with zero attached hydrogens (tertiary/aromatic N) is 6. The topological polar surface area (TPSA) is 123 Å². The number of benzene rings is 2. The van der Waals surface area contributed by atoms with Crippen molar-refractivity contribution in [2.75, 3.05) is 18.8 Å². The summed E-state index contributed by atoms with van der Waals surface area (Å²) >= 11 is 0. The molecule has 2 aromatic heterocycles. The Morgan fingerprint density at radius 1 is 1.11 bits per heavy atom. The Balaban J connectivity index is 1.27. The molecule has 9 nitrogen and oxygen atoms in total. The minimum Gasteiger partial charge on any atom is -0.457 e. The molecule has 1 saturated heterocycles. The molecule has 0 bridgehead atoms. The molecule has 0 spiro atoms. The molecule has 1 saturated carbocycles. The van der Waals surface area contributed by atoms with Gasteiger partial charge in [0.1, 0.15) is 29.3 Å². The minimum atomic E-state index is -0.0298. The predicted octanol–water partition coefficient (Wildman–Crippen LogP) is 4.75. The zero-order chi connectivity index (χ0) is 26.1. The number of aromatic nitrogens is 4. The molecule has 2 fully saturated rings. The van der Waals surface area contributed by atoms with Crippen LogP contribution in [0.3, 0.4) is 0 Å². The summed E-state index contributed by atoms with van der Waals surface area (Å²) in [7, 11) is 0. The second kappa shape index (κ2) is 9.98. The number of nitrogens with two attached hydrogens (primary N) is 1. The molecular formula is C29H27N7O2. The number of hydrogen-bond acceptors (Lipinski definition) is 7. The smallest absolute Gasteiger partial charge is 0.226 e. The highest BCUT2D eigenvalue weighted by atomic mass is 16.5. The van der Waals surface area contributed by atoms with Crippen molar-refractivity contribution in [2.45, 2.75) is 25.3 Å². The number of amides is 1. The Morgan fingerprint density at radius 3 is 2.68 bits per heavy atom. The second-order valence-corrected chi connectivity index (χ2v) is 9.76. The first-order valence-corrected chi connectivity index (χ1v) is 12.8. The van der Waals surface area contributed by atoms with E-state index in [0.717, 1.165) is 42.9 Å². The zero-order valence-electron chi connectivity index (χ0n) is 20.8. The third-order valence-corrected chi connectivity index (χ3v) is 7.25. The average Bonchev–Trinajstić information content (AvgIpc) is 3.63. The molecule has 6 rings (SSSR count). The van der Waals surface area contributed by atoms with Crippen molar-refractivity contribution in [3.8, 4) is 28.8 Å². The number of para-hydroxylation sites is 1. The Morgan fingerprint density at radius 2 is 1.89 bits per heavy atom. The van der Waals surface area contributed by atoms with Gasteiger partial charge in [-0.25, -0.2) is 14.6 Å². The van der Waals surface area contributed by atoms with Gasteiger partial charge in [0.25, 0.3) is 0 Å². The number of allylic oxidation sites excluding steroid dienone is 2. The number of hydrogen-bond donors (Lipinski definition) is 1. The van der Waals surface area contributed by atoms with Gasteiger partial charge in [-0.1, -0.05) is 24.3 Å². The molecule has 9 heteroatoms. The van der Waals surface area contributed by atoms with E-state index in [1.165, 1.54) is 12.4 Å². The fourth-order valence-electron chi connectivity index (χ4n) is 5.22. The maximum Gasteiger partial charge on any atom is 0.226 e. The Hall–Kier alpha value is -4.71. The van der Waals surface area contributed by atoms with Gasteiger partial charge in [-0.3, -0.25) is 4.79 Å². The van der Waals surface area contributed by atoms with Crippen LogP contribution in [0.2, 0.25) is 0 Å². The summed E-state index contributed by atoms with van der Waals surface area (Å²) < 4.78 is 7.85. The van der Waals surface area contributed by atoms with Gasteiger partial charge in [0, 0.05) is 30.6 Å². The van der Waals surface area contributed by atoms with Crippen LogP contribution in [0.5, 0.6) is 11.5 Å². The van der Waals surface area contributed by atoms with Gasteiger partial charge in [0.05, 0.1) is 17.5 Å². The second-order valence-electron chi connectivity index (χ2n) is 9.76. The zero-order valence-corrected chi connectivity index (χ0v) is 20.8. The molecule has 190 valence electrons. The summed E-state index contributed by atoms with van der Waals surface area (Å²) in [5.41, 5.74) is 8.57. The van der Waals surface area contributed by atoms with Gasteiger partial charge in [-0.2, -0.15) is 10.4 Å². The molecule has 1 aliphatic heterocycles. The van der Waals surface area contributed by atoms with Crippen LogP contribution in [0.25, 0.3) is 22.3 Å². The van der Waals surface area contributed by atoms with E-state index in [4.69, 9.17) is 20.8 Å². The summed E-state index contributed by atoms with van der Waals surface area (Å²) in [6.07, 6.45) is 7.34. The van der Waals surface area contributed by atoms with Crippen molar-refractivity contribution in [3.05, 3.63) is 73.1 Å². The largest absolute Gasteiger partial charge is 0.457 e. The number of carbonyl (C=O) groups excluding carboxylic acids is 1. The molecule has 38 heavy (non-hydrogen) atoms. The Kier molecular flexibility index (Phi) is 6.22. The van der Waals surface area contributed by atoms with Crippen LogP contribution in [0.15, 0.2) is 73.1 Å². The fraction of sp³-hybridized carbons (Fsp3) is 0.276. The van der Waals surface area contributed by atoms with E-state index in [2.05, 4.69) is 9.97 Å². The summed E-state index contributed by atoms with van der Waals surface area (Å²) in [6.45, 7) is 1.29. The van der Waals surface area contributed by atoms with Crippen LogP contribution in [-0.2, 0) is 4.79 Å². The van der Waals surface area contributed by atoms with Gasteiger partial charge in [-0.15, -0.1) is 0 Å². The molecule has 1 amide bonds. The minimum absolute atomic E-state index is 0.0224. The lowest BCUT2D eigenvalue weighted by molar-refractivity contribution is -0.134. The molecule has 3 unspecified atom stereocenters. The monoisotopic (exact) mass is 505 g/mol. The van der Waals surface area contributed by atoms with Crippen LogP contribution in [-0.4, -0.2) is 43.6 Å². The number of nitriles is 1. The highest BCUT2D eigenvalue weighted by Gasteiger charge is 2.44. The lowest BCUT2D eigenvalue weighted by Gasteiger charge is -2.33. The first-order valence-electron chi connectivity index (χ1n) is 12.8. The van der Waals surface area contributed by atoms with Crippen molar-refractivity contribution in [1.29, 1.82) is 5.26 Å². The number of likely N-dealkylation sites (tertiary alicyclic amines) is 1. The number of anilines is 1. The van der Waals surface area contributed by atoms with Crippen LogP contribution in [0.1, 0.15) is 25.3 Å². The van der Waals surface area contributed by atoms with Gasteiger partial charge in [-0.05, 0) is 61.6 Å². The van der Waals surface area contributed by atoms with E-state index in [9.17, 15) is 4.79 Å². The van der Waals surface area contributed by atoms with Crippen molar-refractivity contribution in [3.63, 3.8) is 0 Å². The Bertz CT molecular complexity index is 1540.